The van der Waals surface area contributed by atoms with E-state index < -0.39 is 222 Å². The lowest BCUT2D eigenvalue weighted by atomic mass is 9.97. The molecule has 0 radical (unpaired) electrons. The molecule has 0 saturated heterocycles. The van der Waals surface area contributed by atoms with Gasteiger partial charge in [-0.3, -0.25) is 75.6 Å². The van der Waals surface area contributed by atoms with Gasteiger partial charge in [-0.25, -0.2) is 18.3 Å². The predicted molar refractivity (Wildman–Crippen MR) is 456 cm³/mol. The smallest absolute Gasteiger partial charge is 0.481 e. The van der Waals surface area contributed by atoms with Crippen LogP contribution in [-0.4, -0.2) is 168 Å². The minimum Gasteiger partial charge on any atom is -0.481 e. The average Bonchev–Trinajstić information content (AvgIpc) is 0.851. The minimum atomic E-state index is -5.28. The second-order valence-corrected chi connectivity index (χ2v) is 33.7. The number of carbonyl (C=O) groups is 12. The molecule has 8 aromatic rings. The van der Waals surface area contributed by atoms with Crippen LogP contribution in [0.2, 0.25) is 0 Å². The Morgan fingerprint density at radius 2 is 0.469 bits per heavy atom. The number of carboxylic acids is 3. The molecule has 0 aliphatic carbocycles. The van der Waals surface area contributed by atoms with Crippen molar-refractivity contribution in [3.8, 4) is 46.0 Å². The molecule has 128 heavy (non-hydrogen) atoms. The number of hydrogen-bond acceptors (Lipinski definition) is 28. The summed E-state index contributed by atoms with van der Waals surface area (Å²) in [4.78, 5) is 169. The Morgan fingerprint density at radius 1 is 0.281 bits per heavy atom. The van der Waals surface area contributed by atoms with Gasteiger partial charge in [0.25, 0.3) is 0 Å². The number of amides is 9. The van der Waals surface area contributed by atoms with E-state index in [0.29, 0.717) is 0 Å². The van der Waals surface area contributed by atoms with Gasteiger partial charge < -0.3 is 99.4 Å². The highest BCUT2D eigenvalue weighted by atomic mass is 31.2. The van der Waals surface area contributed by atoms with Gasteiger partial charge in [0.15, 0.2) is 0 Å². The van der Waals surface area contributed by atoms with Crippen molar-refractivity contribution in [3.05, 3.63) is 243 Å². The summed E-state index contributed by atoms with van der Waals surface area (Å²) in [5.41, 5.74) is 0. The molecule has 40 nitrogen and oxygen atoms in total. The zero-order valence-corrected chi connectivity index (χ0v) is 72.7. The zero-order valence-electron chi connectivity index (χ0n) is 69.1. The summed E-state index contributed by atoms with van der Waals surface area (Å²) in [6.45, 7) is -1.34. The largest absolute Gasteiger partial charge is 0.587 e. The van der Waals surface area contributed by atoms with Crippen molar-refractivity contribution in [1.82, 2.24) is 47.9 Å². The van der Waals surface area contributed by atoms with Gasteiger partial charge in [-0.2, -0.15) is 0 Å². The van der Waals surface area contributed by atoms with E-state index in [1.54, 1.807) is 55.5 Å². The molecule has 12 N–H and O–H groups in total. The molecule has 8 rings (SSSR count). The molecule has 682 valence electrons. The van der Waals surface area contributed by atoms with Gasteiger partial charge in [0, 0.05) is 33.2 Å². The molecule has 1 unspecified atom stereocenters. The molecule has 0 aliphatic rings. The Bertz CT molecular complexity index is 5030. The fraction of sp³-hybridized carbons (Fsp3) is 0.286. The standard InChI is InChI=1S/C84H95N9O31P4/c1-5-56(2)76(93-83(107)72(89-78(102)67(86-57(3)94)47-50-74(97)98)55-116-128(112,123-64-42-26-12-27-43-64)124-65-44-28-13-29-45-65)84(108)92-71(54-115-127(111,121-62-38-22-10-23-39-62)122-63-40-24-11-25-41-63)82(106)91-70(53-114-126(110,119-60-34-18-8-19-35-60)120-61-36-20-9-21-37-61)81(105)90-69(52-113-125(109,117-58-30-14-6-15-31-58)118-59-32-16-7-17-33-59)80(104)88-68(48-51-75(99)100)79(103)87-66(77(101)85-4)46-49-73(95)96/h6-45,56,66-72,76H,5,46-55H2,1-4H3,(H,85,101)(H,86,94)(H,87,103)(H,88,104)(H,89,102)(H,90,105)(H,91,106)(H,92,108)(H,93,107)(H,95,96)(H,97,98)(H,99,100)/t56-,66?,67-,68-,69-,70-,71-,72-,76-/m0/s1. The summed E-state index contributed by atoms with van der Waals surface area (Å²) in [5, 5.41) is 50.2. The molecule has 9 amide bonds. The van der Waals surface area contributed by atoms with Gasteiger partial charge in [0.1, 0.15) is 94.3 Å². The topological polar surface area (TPSA) is 553 Å². The molecule has 0 spiro atoms. The van der Waals surface area contributed by atoms with Crippen LogP contribution in [0.15, 0.2) is 243 Å². The first-order valence-electron chi connectivity index (χ1n) is 39.4. The molecular weight excluding hydrogens is 1750 g/mol. The van der Waals surface area contributed by atoms with E-state index in [-0.39, 0.29) is 52.4 Å². The molecule has 0 aromatic heterocycles. The molecule has 0 saturated carbocycles. The van der Waals surface area contributed by atoms with E-state index in [1.807, 2.05) is 0 Å². The van der Waals surface area contributed by atoms with Crippen molar-refractivity contribution in [2.24, 2.45) is 5.92 Å². The Labute approximate surface area is 734 Å². The molecular formula is C84H95N9O31P4. The number of aliphatic carboxylic acids is 3. The van der Waals surface area contributed by atoms with Crippen molar-refractivity contribution in [1.29, 1.82) is 0 Å². The van der Waals surface area contributed by atoms with E-state index in [4.69, 9.17) is 54.3 Å². The van der Waals surface area contributed by atoms with Crippen molar-refractivity contribution in [2.45, 2.75) is 114 Å². The Balaban J connectivity index is 1.26. The van der Waals surface area contributed by atoms with E-state index in [0.717, 1.165) is 14.0 Å². The minimum absolute atomic E-state index is 0.0379. The maximum atomic E-state index is 16.0. The van der Waals surface area contributed by atoms with E-state index in [9.17, 15) is 53.4 Å². The van der Waals surface area contributed by atoms with Gasteiger partial charge in [0.2, 0.25) is 53.2 Å². The Morgan fingerprint density at radius 3 is 0.672 bits per heavy atom. The van der Waals surface area contributed by atoms with Crippen LogP contribution in [0.3, 0.4) is 0 Å². The first kappa shape index (κ1) is 100.0. The second-order valence-electron chi connectivity index (χ2n) is 27.6. The molecule has 0 aliphatic heterocycles. The highest BCUT2D eigenvalue weighted by Crippen LogP contribution is 2.53. The van der Waals surface area contributed by atoms with Crippen LogP contribution in [0.5, 0.6) is 46.0 Å². The second kappa shape index (κ2) is 50.0. The zero-order chi connectivity index (χ0) is 92.7. The van der Waals surface area contributed by atoms with Crippen LogP contribution in [0.1, 0.15) is 65.7 Å². The third-order valence-electron chi connectivity index (χ3n) is 17.8. The van der Waals surface area contributed by atoms with Crippen LogP contribution in [-0.2, 0) is 93.9 Å². The highest BCUT2D eigenvalue weighted by molar-refractivity contribution is 7.50. The summed E-state index contributed by atoms with van der Waals surface area (Å²) in [6, 6.07) is 41.0. The van der Waals surface area contributed by atoms with Crippen molar-refractivity contribution in [3.63, 3.8) is 0 Å². The van der Waals surface area contributed by atoms with Gasteiger partial charge in [-0.15, -0.1) is 0 Å². The first-order valence-corrected chi connectivity index (χ1v) is 45.3. The maximum absolute atomic E-state index is 16.0. The molecule has 44 heteroatoms. The summed E-state index contributed by atoms with van der Waals surface area (Å²) in [5.74, 6) is -18.4. The highest BCUT2D eigenvalue weighted by Gasteiger charge is 2.44. The summed E-state index contributed by atoms with van der Waals surface area (Å²) in [6.07, 6.45) is -4.25. The van der Waals surface area contributed by atoms with Crippen LogP contribution < -0.4 is 84.0 Å². The average molecular weight is 1850 g/mol. The van der Waals surface area contributed by atoms with Crippen LogP contribution >= 0.6 is 31.3 Å². The van der Waals surface area contributed by atoms with Crippen LogP contribution in [0, 0.1) is 5.92 Å². The van der Waals surface area contributed by atoms with E-state index in [1.165, 1.54) is 201 Å². The fourth-order valence-corrected chi connectivity index (χ4v) is 16.1. The SMILES string of the molecule is CC[C@H](C)[C@H](NC(=O)[C@H](COP(=O)(Oc1ccccc1)Oc1ccccc1)NC(=O)[C@H](CCC(=O)O)NC(C)=O)C(=O)N[C@@H](COP(=O)(Oc1ccccc1)Oc1ccccc1)C(=O)N[C@@H](COP(=O)(Oc1ccccc1)Oc1ccccc1)C(=O)N[C@@H](COP(=O)(Oc1ccccc1)Oc1ccccc1)C(=O)N[C@@H](CCC(=O)O)C(=O)NC(CCC(=O)O)C(=O)NC. The van der Waals surface area contributed by atoms with Crippen LogP contribution in [0.25, 0.3) is 0 Å². The van der Waals surface area contributed by atoms with Crippen molar-refractivity contribution < 1.29 is 145 Å². The molecule has 9 atom stereocenters. The Hall–Kier alpha value is -13.4. The fourth-order valence-electron chi connectivity index (χ4n) is 11.2. The van der Waals surface area contributed by atoms with Gasteiger partial charge >= 0.3 is 49.2 Å². The number of carbonyl (C=O) groups excluding carboxylic acids is 9. The number of carboxylic acid groups (broad SMARTS) is 3. The lowest BCUT2D eigenvalue weighted by Crippen LogP contribution is -2.62. The number of phosphoric acid groups is 4. The van der Waals surface area contributed by atoms with E-state index >= 15 is 37.7 Å². The summed E-state index contributed by atoms with van der Waals surface area (Å²) >= 11 is 0. The summed E-state index contributed by atoms with van der Waals surface area (Å²) < 4.78 is 131. The quantitative estimate of drug-likeness (QED) is 0.0158. The number of phosphoric ester groups is 4. The third kappa shape index (κ3) is 34.5. The molecule has 0 heterocycles. The number of benzene rings is 8. The first-order chi connectivity index (χ1) is 61.2. The lowest BCUT2D eigenvalue weighted by Gasteiger charge is -2.30. The van der Waals surface area contributed by atoms with Gasteiger partial charge in [0.05, 0.1) is 26.4 Å². The molecule has 0 bridgehead atoms. The maximum Gasteiger partial charge on any atom is 0.587 e. The molecule has 8 aromatic carbocycles. The van der Waals surface area contributed by atoms with E-state index in [2.05, 4.69) is 47.9 Å². The number of nitrogens with one attached hydrogen (secondary N) is 9. The monoisotopic (exact) mass is 1850 g/mol. The van der Waals surface area contributed by atoms with Crippen molar-refractivity contribution in [2.75, 3.05) is 33.5 Å². The Kier molecular flexibility index (Phi) is 39.1. The number of likely N-dealkylation sites (N-methyl/N-ethyl adjacent to an activating group) is 1. The van der Waals surface area contributed by atoms with Gasteiger partial charge in [-0.05, 0) is 122 Å². The summed E-state index contributed by atoms with van der Waals surface area (Å²) in [7, 11) is -19.6. The molecule has 0 fully saturated rings. The number of hydrogen-bond donors (Lipinski definition) is 12. The number of para-hydroxylation sites is 8. The normalized spacial score (nSPS) is 13.5. The number of rotatable bonds is 55. The third-order valence-corrected chi connectivity index (χ3v) is 23.1. The van der Waals surface area contributed by atoms with Crippen LogP contribution in [0.4, 0.5) is 0 Å². The van der Waals surface area contributed by atoms with Crippen molar-refractivity contribution >= 4 is 102 Å². The predicted octanol–water partition coefficient (Wildman–Crippen LogP) is 9.40. The lowest BCUT2D eigenvalue weighted by molar-refractivity contribution is -0.140. The van der Waals surface area contributed by atoms with Gasteiger partial charge in [-0.1, -0.05) is 166 Å².